The van der Waals surface area contributed by atoms with Crippen LogP contribution in [0.15, 0.2) is 24.3 Å². The number of hydrogen-bond donors (Lipinski definition) is 0. The van der Waals surface area contributed by atoms with Crippen LogP contribution in [-0.2, 0) is 21.1 Å². The van der Waals surface area contributed by atoms with E-state index in [2.05, 4.69) is 58.4 Å². The van der Waals surface area contributed by atoms with E-state index in [0.29, 0.717) is 5.92 Å². The summed E-state index contributed by atoms with van der Waals surface area (Å²) in [5, 5.41) is 0. The molecule has 0 spiro atoms. The molecule has 0 aromatic carbocycles. The summed E-state index contributed by atoms with van der Waals surface area (Å²) in [6.45, 7) is 8.53. The zero-order valence-corrected chi connectivity index (χ0v) is 18.2. The first-order chi connectivity index (χ1) is 9.16. The summed E-state index contributed by atoms with van der Waals surface area (Å²) in [4.78, 5) is 0. The maximum Gasteiger partial charge on any atom is 4.00 e. The molecule has 0 amide bonds. The molecule has 0 unspecified atom stereocenters. The first-order valence-electron chi connectivity index (χ1n) is 8.12. The molecule has 0 aromatic heterocycles. The van der Waals surface area contributed by atoms with Gasteiger partial charge in [-0.2, -0.15) is 27.2 Å². The van der Waals surface area contributed by atoms with E-state index in [-0.39, 0.29) is 35.9 Å². The maximum atomic E-state index is 2.44. The van der Waals surface area contributed by atoms with Gasteiger partial charge in [0, 0.05) is 0 Å². The zero-order valence-electron chi connectivity index (χ0n) is 15.9. The van der Waals surface area contributed by atoms with E-state index >= 15 is 0 Å². The van der Waals surface area contributed by atoms with Crippen LogP contribution in [0.1, 0.15) is 79.1 Å². The fourth-order valence-corrected chi connectivity index (χ4v) is 2.02. The van der Waals surface area contributed by atoms with Crippen molar-refractivity contribution in [1.82, 2.24) is 0 Å². The van der Waals surface area contributed by atoms with Crippen LogP contribution in [0.4, 0.5) is 0 Å². The average Bonchev–Trinajstić information content (AvgIpc) is 2.85. The van der Waals surface area contributed by atoms with Crippen LogP contribution in [0.5, 0.6) is 0 Å². The number of rotatable bonds is 9. The quantitative estimate of drug-likeness (QED) is 0.232. The van der Waals surface area contributed by atoms with Crippen LogP contribution in [0.2, 0.25) is 0 Å². The summed E-state index contributed by atoms with van der Waals surface area (Å²) in [6, 6.07) is 0. The standard InChI is InChI=1S/C15H25.C4H9.2CH3.Pt/c1-2-3-4-5-6-7-8-9-12-15-13-10-11-14-15;1-4(2)3;;;/h10-15H,2-9H2,1H3;1-3H3;2*1H3;/q4*-1;+4. The Morgan fingerprint density at radius 2 is 1.23 bits per heavy atom. The molecule has 1 aliphatic carbocycles. The summed E-state index contributed by atoms with van der Waals surface area (Å²) in [5.41, 5.74) is 0. The van der Waals surface area contributed by atoms with Gasteiger partial charge in [0.2, 0.25) is 0 Å². The van der Waals surface area contributed by atoms with Crippen molar-refractivity contribution in [3.8, 4) is 0 Å². The predicted octanol–water partition coefficient (Wildman–Crippen LogP) is 7.59. The second-order valence-corrected chi connectivity index (χ2v) is 5.99. The van der Waals surface area contributed by atoms with Gasteiger partial charge in [0.1, 0.15) is 0 Å². The predicted molar refractivity (Wildman–Crippen MR) is 102 cm³/mol. The van der Waals surface area contributed by atoms with Crippen LogP contribution in [0.25, 0.3) is 0 Å². The van der Waals surface area contributed by atoms with Crippen LogP contribution in [0.3, 0.4) is 0 Å². The molecule has 22 heavy (non-hydrogen) atoms. The monoisotopic (exact) mass is 487 g/mol. The Morgan fingerprint density at radius 3 is 1.68 bits per heavy atom. The molecule has 0 fully saturated rings. The van der Waals surface area contributed by atoms with E-state index in [9.17, 15) is 0 Å². The Balaban J connectivity index is -0.000000208. The molecule has 0 radical (unpaired) electrons. The van der Waals surface area contributed by atoms with Crippen molar-refractivity contribution >= 4 is 0 Å². The number of hydrogen-bond acceptors (Lipinski definition) is 0. The van der Waals surface area contributed by atoms with Crippen LogP contribution in [-0.4, -0.2) is 0 Å². The van der Waals surface area contributed by atoms with Crippen molar-refractivity contribution in [2.45, 2.75) is 79.1 Å². The van der Waals surface area contributed by atoms with Crippen molar-refractivity contribution in [1.29, 1.82) is 0 Å². The van der Waals surface area contributed by atoms with Crippen molar-refractivity contribution in [3.63, 3.8) is 0 Å². The average molecular weight is 488 g/mol. The molecule has 0 aromatic rings. The summed E-state index contributed by atoms with van der Waals surface area (Å²) in [6.07, 6.45) is 22.4. The summed E-state index contributed by atoms with van der Waals surface area (Å²) in [7, 11) is 0. The Morgan fingerprint density at radius 1 is 0.818 bits per heavy atom. The third kappa shape index (κ3) is 25.1. The first kappa shape index (κ1) is 30.1. The van der Waals surface area contributed by atoms with Gasteiger partial charge in [-0.25, -0.2) is 0 Å². The molecule has 1 rings (SSSR count). The van der Waals surface area contributed by atoms with Crippen LogP contribution in [0, 0.1) is 33.1 Å². The van der Waals surface area contributed by atoms with Crippen molar-refractivity contribution < 1.29 is 21.1 Å². The van der Waals surface area contributed by atoms with E-state index < -0.39 is 0 Å². The maximum absolute atomic E-state index is 2.44. The normalized spacial score (nSPS) is 12.0. The van der Waals surface area contributed by atoms with Crippen molar-refractivity contribution in [3.05, 3.63) is 51.5 Å². The molecule has 0 saturated heterocycles. The van der Waals surface area contributed by atoms with E-state index in [1.54, 1.807) is 0 Å². The molecule has 0 nitrogen and oxygen atoms in total. The minimum Gasteiger partial charge on any atom is -0.358 e. The Hall–Kier alpha value is 0.168. The van der Waals surface area contributed by atoms with Gasteiger partial charge in [-0.15, -0.1) is 18.1 Å². The Kier molecular flexibility index (Phi) is 32.1. The zero-order chi connectivity index (χ0) is 14.3. The molecule has 0 saturated carbocycles. The van der Waals surface area contributed by atoms with E-state index in [1.165, 1.54) is 57.3 Å². The molecular weight excluding hydrogens is 447 g/mol. The molecular formula is C21H40Pt. The molecule has 134 valence electrons. The number of allylic oxidation sites excluding steroid dienone is 4. The largest absolute Gasteiger partial charge is 4.00 e. The topological polar surface area (TPSA) is 0 Å². The van der Waals surface area contributed by atoms with E-state index in [4.69, 9.17) is 0 Å². The summed E-state index contributed by atoms with van der Waals surface area (Å²) >= 11 is 0. The van der Waals surface area contributed by atoms with Gasteiger partial charge in [0.15, 0.2) is 0 Å². The second-order valence-electron chi connectivity index (χ2n) is 5.99. The molecule has 0 bridgehead atoms. The smallest absolute Gasteiger partial charge is 0.358 e. The van der Waals surface area contributed by atoms with Gasteiger partial charge < -0.3 is 27.2 Å². The van der Waals surface area contributed by atoms with Gasteiger partial charge in [-0.05, 0) is 0 Å². The van der Waals surface area contributed by atoms with Gasteiger partial charge in [0.25, 0.3) is 0 Å². The van der Waals surface area contributed by atoms with Gasteiger partial charge in [0.05, 0.1) is 0 Å². The Labute approximate surface area is 157 Å². The summed E-state index contributed by atoms with van der Waals surface area (Å²) in [5.74, 6) is 2.05. The van der Waals surface area contributed by atoms with E-state index in [1.807, 2.05) is 0 Å². The molecule has 1 aliphatic rings. The number of unbranched alkanes of at least 4 members (excludes halogenated alkanes) is 7. The minimum atomic E-state index is 0. The first-order valence-corrected chi connectivity index (χ1v) is 8.12. The van der Waals surface area contributed by atoms with Crippen LogP contribution >= 0.6 is 0 Å². The fourth-order valence-electron chi connectivity index (χ4n) is 2.02. The van der Waals surface area contributed by atoms with E-state index in [0.717, 1.165) is 0 Å². The van der Waals surface area contributed by atoms with Crippen molar-refractivity contribution in [2.75, 3.05) is 0 Å². The van der Waals surface area contributed by atoms with Gasteiger partial charge in [-0.1, -0.05) is 64.0 Å². The molecule has 0 atom stereocenters. The van der Waals surface area contributed by atoms with Crippen LogP contribution < -0.4 is 0 Å². The molecule has 0 aliphatic heterocycles. The fraction of sp³-hybridized carbons (Fsp3) is 0.619. The molecule has 0 N–H and O–H groups in total. The molecule has 0 heterocycles. The van der Waals surface area contributed by atoms with Crippen molar-refractivity contribution in [2.24, 2.45) is 5.92 Å². The third-order valence-electron chi connectivity index (χ3n) is 3.02. The SMILES string of the molecule is CCCCCCCCC[CH-]C1C=CC=C1.C[C-](C)C.[CH3-].[CH3-].[Pt+4]. The molecule has 1 heteroatoms. The Bertz CT molecular complexity index is 213. The van der Waals surface area contributed by atoms with Gasteiger partial charge in [-0.3, -0.25) is 0 Å². The third-order valence-corrected chi connectivity index (χ3v) is 3.02. The summed E-state index contributed by atoms with van der Waals surface area (Å²) < 4.78 is 0. The second kappa shape index (κ2) is 23.4. The van der Waals surface area contributed by atoms with Gasteiger partial charge >= 0.3 is 21.1 Å². The minimum absolute atomic E-state index is 0.